The number of benzene rings is 2. The van der Waals surface area contributed by atoms with E-state index in [4.69, 9.17) is 0 Å². The highest BCUT2D eigenvalue weighted by atomic mass is 19.1. The molecule has 0 atom stereocenters. The van der Waals surface area contributed by atoms with Gasteiger partial charge < -0.3 is 4.90 Å². The van der Waals surface area contributed by atoms with Crippen LogP contribution in [0, 0.1) is 5.82 Å². The number of hydrogen-bond acceptors (Lipinski definition) is 1. The van der Waals surface area contributed by atoms with Gasteiger partial charge in [-0.2, -0.15) is 0 Å². The van der Waals surface area contributed by atoms with Gasteiger partial charge in [-0.3, -0.25) is 4.79 Å². The maximum absolute atomic E-state index is 13.7. The lowest BCUT2D eigenvalue weighted by atomic mass is 9.89. The van der Waals surface area contributed by atoms with Gasteiger partial charge in [-0.1, -0.05) is 42.5 Å². The highest BCUT2D eigenvalue weighted by Gasteiger charge is 2.25. The molecule has 21 heavy (non-hydrogen) atoms. The van der Waals surface area contributed by atoms with Gasteiger partial charge >= 0.3 is 0 Å². The number of carbonyl (C=O) groups excluding carboxylic acids is 1. The van der Waals surface area contributed by atoms with E-state index in [1.807, 2.05) is 18.2 Å². The van der Waals surface area contributed by atoms with Crippen molar-refractivity contribution in [2.75, 3.05) is 13.1 Å². The molecule has 1 aliphatic rings. The highest BCUT2D eigenvalue weighted by Crippen LogP contribution is 2.28. The Bertz CT molecular complexity index is 618. The van der Waals surface area contributed by atoms with Crippen LogP contribution in [0.2, 0.25) is 0 Å². The molecule has 0 unspecified atom stereocenters. The molecule has 0 bridgehead atoms. The van der Waals surface area contributed by atoms with E-state index in [1.165, 1.54) is 11.6 Å². The lowest BCUT2D eigenvalue weighted by Gasteiger charge is -2.32. The van der Waals surface area contributed by atoms with E-state index in [0.29, 0.717) is 19.0 Å². The van der Waals surface area contributed by atoms with Gasteiger partial charge in [0.2, 0.25) is 0 Å². The predicted octanol–water partition coefficient (Wildman–Crippen LogP) is 3.85. The molecule has 0 aromatic heterocycles. The molecular formula is C18H18FNO. The molecule has 1 amide bonds. The minimum absolute atomic E-state index is 0.177. The summed E-state index contributed by atoms with van der Waals surface area (Å²) < 4.78 is 13.7. The second-order valence-corrected chi connectivity index (χ2v) is 5.46. The average Bonchev–Trinajstić information content (AvgIpc) is 2.56. The third-order valence-electron chi connectivity index (χ3n) is 4.16. The Labute approximate surface area is 124 Å². The fourth-order valence-electron chi connectivity index (χ4n) is 2.95. The molecule has 0 saturated carbocycles. The van der Waals surface area contributed by atoms with Crippen molar-refractivity contribution in [2.45, 2.75) is 18.8 Å². The fraction of sp³-hybridized carbons (Fsp3) is 0.278. The zero-order valence-corrected chi connectivity index (χ0v) is 11.8. The van der Waals surface area contributed by atoms with E-state index in [-0.39, 0.29) is 11.5 Å². The van der Waals surface area contributed by atoms with Gasteiger partial charge in [0.05, 0.1) is 5.56 Å². The first-order valence-electron chi connectivity index (χ1n) is 7.34. The van der Waals surface area contributed by atoms with Gasteiger partial charge in [0.15, 0.2) is 0 Å². The Kier molecular flexibility index (Phi) is 4.00. The van der Waals surface area contributed by atoms with Crippen LogP contribution in [-0.2, 0) is 0 Å². The van der Waals surface area contributed by atoms with Gasteiger partial charge in [-0.25, -0.2) is 4.39 Å². The van der Waals surface area contributed by atoms with Crippen molar-refractivity contribution < 1.29 is 9.18 Å². The Morgan fingerprint density at radius 2 is 1.57 bits per heavy atom. The molecule has 0 spiro atoms. The van der Waals surface area contributed by atoms with Crippen LogP contribution in [0.15, 0.2) is 54.6 Å². The maximum Gasteiger partial charge on any atom is 0.256 e. The summed E-state index contributed by atoms with van der Waals surface area (Å²) in [5.74, 6) is -0.136. The molecule has 1 fully saturated rings. The van der Waals surface area contributed by atoms with Gasteiger partial charge in [0.1, 0.15) is 5.82 Å². The molecule has 0 radical (unpaired) electrons. The summed E-state index contributed by atoms with van der Waals surface area (Å²) in [5.41, 5.74) is 1.51. The van der Waals surface area contributed by atoms with E-state index >= 15 is 0 Å². The third kappa shape index (κ3) is 2.97. The number of rotatable bonds is 2. The quantitative estimate of drug-likeness (QED) is 0.820. The second kappa shape index (κ2) is 6.08. The lowest BCUT2D eigenvalue weighted by molar-refractivity contribution is 0.0708. The van der Waals surface area contributed by atoms with Crippen LogP contribution >= 0.6 is 0 Å². The highest BCUT2D eigenvalue weighted by molar-refractivity contribution is 5.94. The zero-order valence-electron chi connectivity index (χ0n) is 11.8. The summed E-state index contributed by atoms with van der Waals surface area (Å²) >= 11 is 0. The van der Waals surface area contributed by atoms with Crippen molar-refractivity contribution in [1.29, 1.82) is 0 Å². The van der Waals surface area contributed by atoms with Crippen LogP contribution in [0.4, 0.5) is 4.39 Å². The number of hydrogen-bond donors (Lipinski definition) is 0. The van der Waals surface area contributed by atoms with Crippen molar-refractivity contribution in [1.82, 2.24) is 4.90 Å². The van der Waals surface area contributed by atoms with E-state index in [9.17, 15) is 9.18 Å². The molecule has 1 saturated heterocycles. The first-order chi connectivity index (χ1) is 10.3. The Hall–Kier alpha value is -2.16. The molecule has 0 N–H and O–H groups in total. The Morgan fingerprint density at radius 1 is 0.952 bits per heavy atom. The minimum atomic E-state index is -0.437. The third-order valence-corrected chi connectivity index (χ3v) is 4.16. The molecule has 3 heteroatoms. The SMILES string of the molecule is O=C(c1ccccc1F)N1CCC(c2ccccc2)CC1. The van der Waals surface area contributed by atoms with Gasteiger partial charge in [0, 0.05) is 13.1 Å². The molecule has 2 aromatic rings. The van der Waals surface area contributed by atoms with Crippen molar-refractivity contribution in [3.05, 3.63) is 71.5 Å². The molecule has 1 heterocycles. The number of halogens is 1. The van der Waals surface area contributed by atoms with Gasteiger partial charge in [-0.15, -0.1) is 0 Å². The van der Waals surface area contributed by atoms with Crippen LogP contribution in [-0.4, -0.2) is 23.9 Å². The number of amides is 1. The van der Waals surface area contributed by atoms with E-state index < -0.39 is 5.82 Å². The molecule has 1 aliphatic heterocycles. The standard InChI is InChI=1S/C18H18FNO/c19-17-9-5-4-8-16(17)18(21)20-12-10-15(11-13-20)14-6-2-1-3-7-14/h1-9,15H,10-13H2. The largest absolute Gasteiger partial charge is 0.339 e. The van der Waals surface area contributed by atoms with Crippen LogP contribution in [0.25, 0.3) is 0 Å². The first kappa shape index (κ1) is 13.8. The second-order valence-electron chi connectivity index (χ2n) is 5.46. The maximum atomic E-state index is 13.7. The monoisotopic (exact) mass is 283 g/mol. The fourth-order valence-corrected chi connectivity index (χ4v) is 2.95. The molecule has 2 nitrogen and oxygen atoms in total. The first-order valence-corrected chi connectivity index (χ1v) is 7.34. The summed E-state index contributed by atoms with van der Waals surface area (Å²) in [7, 11) is 0. The predicted molar refractivity (Wildman–Crippen MR) is 80.7 cm³/mol. The van der Waals surface area contributed by atoms with Gasteiger partial charge in [0.25, 0.3) is 5.91 Å². The topological polar surface area (TPSA) is 20.3 Å². The van der Waals surface area contributed by atoms with Crippen molar-refractivity contribution >= 4 is 5.91 Å². The van der Waals surface area contributed by atoms with E-state index in [2.05, 4.69) is 12.1 Å². The normalized spacial score (nSPS) is 16.0. The molecule has 2 aromatic carbocycles. The van der Waals surface area contributed by atoms with E-state index in [0.717, 1.165) is 12.8 Å². The zero-order chi connectivity index (χ0) is 14.7. The van der Waals surface area contributed by atoms with Crippen molar-refractivity contribution in [3.8, 4) is 0 Å². The molecule has 3 rings (SSSR count). The summed E-state index contributed by atoms with van der Waals surface area (Å²) in [4.78, 5) is 14.1. The van der Waals surface area contributed by atoms with Crippen molar-refractivity contribution in [3.63, 3.8) is 0 Å². The molecular weight excluding hydrogens is 265 g/mol. The lowest BCUT2D eigenvalue weighted by Crippen LogP contribution is -2.38. The Morgan fingerprint density at radius 3 is 2.24 bits per heavy atom. The van der Waals surface area contributed by atoms with E-state index in [1.54, 1.807) is 23.1 Å². The average molecular weight is 283 g/mol. The Balaban J connectivity index is 1.66. The van der Waals surface area contributed by atoms with Crippen LogP contribution in [0.1, 0.15) is 34.7 Å². The van der Waals surface area contributed by atoms with Gasteiger partial charge in [-0.05, 0) is 36.5 Å². The summed E-state index contributed by atoms with van der Waals surface area (Å²) in [6.07, 6.45) is 1.87. The summed E-state index contributed by atoms with van der Waals surface area (Å²) in [6, 6.07) is 16.6. The number of carbonyl (C=O) groups is 1. The number of likely N-dealkylation sites (tertiary alicyclic amines) is 1. The van der Waals surface area contributed by atoms with Crippen LogP contribution < -0.4 is 0 Å². The number of nitrogens with zero attached hydrogens (tertiary/aromatic N) is 1. The smallest absolute Gasteiger partial charge is 0.256 e. The number of piperidine rings is 1. The molecule has 0 aliphatic carbocycles. The minimum Gasteiger partial charge on any atom is -0.339 e. The van der Waals surface area contributed by atoms with Crippen LogP contribution in [0.3, 0.4) is 0 Å². The van der Waals surface area contributed by atoms with Crippen LogP contribution in [0.5, 0.6) is 0 Å². The molecule has 108 valence electrons. The summed E-state index contributed by atoms with van der Waals surface area (Å²) in [6.45, 7) is 1.37. The summed E-state index contributed by atoms with van der Waals surface area (Å²) in [5, 5.41) is 0. The van der Waals surface area contributed by atoms with Crippen molar-refractivity contribution in [2.24, 2.45) is 0 Å².